The Morgan fingerprint density at radius 2 is 1.66 bits per heavy atom. The third-order valence-electron chi connectivity index (χ3n) is 5.27. The lowest BCUT2D eigenvalue weighted by molar-refractivity contribution is -0.143. The standard InChI is InChI=1S/C23H21N3O6/c1-23(2,21(28)29)25-20(27)18-11-19(32-26-18)24-22(30)31-12-17-15-9-5-3-7-13(15)14-8-4-6-10-16(14)17/h3-11,17H,12H2,1-2H3,(H,24,30)(H,25,27)(H,28,29). The van der Waals surface area contributed by atoms with E-state index in [0.717, 1.165) is 22.3 Å². The van der Waals surface area contributed by atoms with Gasteiger partial charge in [0.1, 0.15) is 12.1 Å². The molecule has 1 aromatic heterocycles. The fraction of sp³-hybridized carbons (Fsp3) is 0.217. The van der Waals surface area contributed by atoms with Crippen LogP contribution >= 0.6 is 0 Å². The Balaban J connectivity index is 1.39. The van der Waals surface area contributed by atoms with Gasteiger partial charge in [0.2, 0.25) is 5.88 Å². The third-order valence-corrected chi connectivity index (χ3v) is 5.27. The van der Waals surface area contributed by atoms with Gasteiger partial charge in [0.15, 0.2) is 5.69 Å². The molecular weight excluding hydrogens is 414 g/mol. The number of rotatable bonds is 6. The van der Waals surface area contributed by atoms with Gasteiger partial charge in [-0.3, -0.25) is 10.1 Å². The first-order valence-corrected chi connectivity index (χ1v) is 9.91. The zero-order valence-corrected chi connectivity index (χ0v) is 17.4. The van der Waals surface area contributed by atoms with E-state index in [9.17, 15) is 14.4 Å². The Bertz CT molecular complexity index is 1150. The molecule has 9 heteroatoms. The molecule has 0 saturated carbocycles. The number of carbonyl (C=O) groups excluding carboxylic acids is 2. The maximum Gasteiger partial charge on any atom is 0.414 e. The number of carbonyl (C=O) groups is 3. The summed E-state index contributed by atoms with van der Waals surface area (Å²) >= 11 is 0. The number of aromatic nitrogens is 1. The molecule has 3 N–H and O–H groups in total. The van der Waals surface area contributed by atoms with E-state index < -0.39 is 23.5 Å². The summed E-state index contributed by atoms with van der Waals surface area (Å²) in [4.78, 5) is 35.6. The van der Waals surface area contributed by atoms with Crippen molar-refractivity contribution in [3.05, 3.63) is 71.4 Å². The fourth-order valence-electron chi connectivity index (χ4n) is 3.58. The van der Waals surface area contributed by atoms with Crippen LogP contribution in [0.2, 0.25) is 0 Å². The number of anilines is 1. The van der Waals surface area contributed by atoms with Crippen molar-refractivity contribution in [2.75, 3.05) is 11.9 Å². The van der Waals surface area contributed by atoms with Crippen molar-refractivity contribution in [3.63, 3.8) is 0 Å². The third kappa shape index (κ3) is 4.04. The Morgan fingerprint density at radius 3 is 2.25 bits per heavy atom. The zero-order valence-electron chi connectivity index (χ0n) is 17.4. The summed E-state index contributed by atoms with van der Waals surface area (Å²) in [6, 6.07) is 17.1. The Hall–Kier alpha value is -4.14. The SMILES string of the molecule is CC(C)(NC(=O)c1cc(NC(=O)OCC2c3ccccc3-c3ccccc32)on1)C(=O)O. The highest BCUT2D eigenvalue weighted by Crippen LogP contribution is 2.44. The molecule has 0 spiro atoms. The van der Waals surface area contributed by atoms with Crippen molar-refractivity contribution in [1.29, 1.82) is 0 Å². The summed E-state index contributed by atoms with van der Waals surface area (Å²) in [5, 5.41) is 17.4. The highest BCUT2D eigenvalue weighted by molar-refractivity contribution is 5.97. The number of nitrogens with zero attached hydrogens (tertiary/aromatic N) is 1. The molecule has 2 aromatic carbocycles. The highest BCUT2D eigenvalue weighted by Gasteiger charge is 2.31. The first-order valence-electron chi connectivity index (χ1n) is 9.91. The number of hydrogen-bond acceptors (Lipinski definition) is 6. The molecule has 1 heterocycles. The van der Waals surface area contributed by atoms with Crippen LogP contribution in [0.15, 0.2) is 59.1 Å². The van der Waals surface area contributed by atoms with Gasteiger partial charge in [0.05, 0.1) is 0 Å². The molecule has 0 bridgehead atoms. The van der Waals surface area contributed by atoms with Crippen molar-refractivity contribution in [3.8, 4) is 11.1 Å². The monoisotopic (exact) mass is 435 g/mol. The van der Waals surface area contributed by atoms with Crippen molar-refractivity contribution in [2.24, 2.45) is 0 Å². The average molecular weight is 435 g/mol. The van der Waals surface area contributed by atoms with Crippen molar-refractivity contribution in [1.82, 2.24) is 10.5 Å². The van der Waals surface area contributed by atoms with Crippen LogP contribution in [0.25, 0.3) is 11.1 Å². The van der Waals surface area contributed by atoms with Gasteiger partial charge in [-0.05, 0) is 36.1 Å². The maximum atomic E-state index is 12.3. The van der Waals surface area contributed by atoms with Crippen molar-refractivity contribution >= 4 is 23.9 Å². The van der Waals surface area contributed by atoms with Crippen LogP contribution in [0.3, 0.4) is 0 Å². The lowest BCUT2D eigenvalue weighted by atomic mass is 9.98. The number of fused-ring (bicyclic) bond motifs is 3. The summed E-state index contributed by atoms with van der Waals surface area (Å²) in [6.07, 6.45) is -0.763. The van der Waals surface area contributed by atoms with Gasteiger partial charge in [0, 0.05) is 12.0 Å². The van der Waals surface area contributed by atoms with Crippen LogP contribution in [0.5, 0.6) is 0 Å². The summed E-state index contributed by atoms with van der Waals surface area (Å²) in [5.74, 6) is -2.14. The average Bonchev–Trinajstić information content (AvgIpc) is 3.35. The Morgan fingerprint density at radius 1 is 1.06 bits per heavy atom. The minimum absolute atomic E-state index is 0.0949. The Labute approximate surface area is 183 Å². The van der Waals surface area contributed by atoms with E-state index in [1.54, 1.807) is 0 Å². The second-order valence-corrected chi connectivity index (χ2v) is 7.91. The van der Waals surface area contributed by atoms with Gasteiger partial charge in [-0.2, -0.15) is 0 Å². The first-order chi connectivity index (χ1) is 15.3. The largest absolute Gasteiger partial charge is 0.480 e. The van der Waals surface area contributed by atoms with E-state index >= 15 is 0 Å². The van der Waals surface area contributed by atoms with Crippen LogP contribution in [-0.4, -0.2) is 40.4 Å². The summed E-state index contributed by atoms with van der Waals surface area (Å²) in [5.41, 5.74) is 2.74. The molecule has 4 rings (SSSR count). The number of amides is 2. The van der Waals surface area contributed by atoms with Crippen LogP contribution in [0.1, 0.15) is 41.4 Å². The van der Waals surface area contributed by atoms with Gasteiger partial charge >= 0.3 is 12.1 Å². The summed E-state index contributed by atoms with van der Waals surface area (Å²) in [7, 11) is 0. The molecule has 0 unspecified atom stereocenters. The molecule has 2 amide bonds. The second kappa shape index (κ2) is 8.18. The quantitative estimate of drug-likeness (QED) is 0.539. The lowest BCUT2D eigenvalue weighted by Crippen LogP contribution is -2.49. The number of ether oxygens (including phenoxy) is 1. The van der Waals surface area contributed by atoms with Crippen LogP contribution in [-0.2, 0) is 9.53 Å². The maximum absolute atomic E-state index is 12.3. The number of nitrogens with one attached hydrogen (secondary N) is 2. The molecule has 1 aliphatic rings. The Kier molecular flexibility index (Phi) is 5.40. The molecular formula is C23H21N3O6. The summed E-state index contributed by atoms with van der Waals surface area (Å²) < 4.78 is 10.4. The smallest absolute Gasteiger partial charge is 0.414 e. The molecule has 0 radical (unpaired) electrons. The van der Waals surface area contributed by atoms with E-state index in [4.69, 9.17) is 14.4 Å². The van der Waals surface area contributed by atoms with Crippen molar-refractivity contribution < 1.29 is 28.8 Å². The van der Waals surface area contributed by atoms with Gasteiger partial charge in [-0.25, -0.2) is 9.59 Å². The second-order valence-electron chi connectivity index (χ2n) is 7.91. The van der Waals surface area contributed by atoms with Crippen LogP contribution < -0.4 is 10.6 Å². The molecule has 1 aliphatic carbocycles. The van der Waals surface area contributed by atoms with E-state index in [-0.39, 0.29) is 24.1 Å². The summed E-state index contributed by atoms with van der Waals surface area (Å²) in [6.45, 7) is 2.79. The predicted octanol–water partition coefficient (Wildman–Crippen LogP) is 3.63. The van der Waals surface area contributed by atoms with Gasteiger partial charge in [-0.1, -0.05) is 53.7 Å². The number of carboxylic acid groups (broad SMARTS) is 1. The van der Waals surface area contributed by atoms with E-state index in [1.165, 1.54) is 19.9 Å². The predicted molar refractivity (Wildman–Crippen MR) is 114 cm³/mol. The fourth-order valence-corrected chi connectivity index (χ4v) is 3.58. The minimum Gasteiger partial charge on any atom is -0.480 e. The van der Waals surface area contributed by atoms with E-state index in [1.807, 2.05) is 48.5 Å². The van der Waals surface area contributed by atoms with Crippen LogP contribution in [0.4, 0.5) is 10.7 Å². The van der Waals surface area contributed by atoms with Gasteiger partial charge < -0.3 is 19.7 Å². The zero-order chi connectivity index (χ0) is 22.9. The molecule has 9 nitrogen and oxygen atoms in total. The molecule has 0 aliphatic heterocycles. The topological polar surface area (TPSA) is 131 Å². The van der Waals surface area contributed by atoms with Crippen molar-refractivity contribution in [2.45, 2.75) is 25.3 Å². The van der Waals surface area contributed by atoms with Gasteiger partial charge in [-0.15, -0.1) is 0 Å². The molecule has 32 heavy (non-hydrogen) atoms. The van der Waals surface area contributed by atoms with E-state index in [2.05, 4.69) is 15.8 Å². The molecule has 164 valence electrons. The first kappa shape index (κ1) is 21.1. The molecule has 0 saturated heterocycles. The van der Waals surface area contributed by atoms with Gasteiger partial charge in [0.25, 0.3) is 5.91 Å². The molecule has 0 atom stereocenters. The van der Waals surface area contributed by atoms with E-state index in [0.29, 0.717) is 0 Å². The molecule has 0 fully saturated rings. The number of carboxylic acids is 1. The minimum atomic E-state index is -1.49. The van der Waals surface area contributed by atoms with Crippen LogP contribution in [0, 0.1) is 0 Å². The number of benzene rings is 2. The number of hydrogen-bond donors (Lipinski definition) is 3. The lowest BCUT2D eigenvalue weighted by Gasteiger charge is -2.19. The normalized spacial score (nSPS) is 12.6. The highest BCUT2D eigenvalue weighted by atomic mass is 16.6. The number of aliphatic carboxylic acids is 1. The molecule has 3 aromatic rings.